The average molecular weight is 422 g/mol. The quantitative estimate of drug-likeness (QED) is 0.468. The van der Waals surface area contributed by atoms with E-state index in [-0.39, 0.29) is 37.4 Å². The van der Waals surface area contributed by atoms with E-state index in [1.165, 1.54) is 12.4 Å². The predicted molar refractivity (Wildman–Crippen MR) is 108 cm³/mol. The minimum Gasteiger partial charge on any atom is -0.466 e. The summed E-state index contributed by atoms with van der Waals surface area (Å²) in [5, 5.41) is 0.494. The lowest BCUT2D eigenvalue weighted by Crippen LogP contribution is -2.32. The molecule has 156 valence electrons. The van der Waals surface area contributed by atoms with Crippen molar-refractivity contribution >= 4 is 35.2 Å². The van der Waals surface area contributed by atoms with Crippen LogP contribution in [-0.4, -0.2) is 37.7 Å². The van der Waals surface area contributed by atoms with E-state index in [1.807, 2.05) is 0 Å². The SMILES string of the molecule is CCOC(=O)CC1C(C(=O)OCC)=CN(c2cccc(Cl)c2)C=C1C(=O)OCC. The molecule has 0 unspecified atom stereocenters. The largest absolute Gasteiger partial charge is 0.466 e. The second kappa shape index (κ2) is 10.7. The molecule has 0 spiro atoms. The van der Waals surface area contributed by atoms with Crippen LogP contribution in [-0.2, 0) is 28.6 Å². The molecule has 29 heavy (non-hydrogen) atoms. The highest BCUT2D eigenvalue weighted by Gasteiger charge is 2.36. The Labute approximate surface area is 174 Å². The van der Waals surface area contributed by atoms with Gasteiger partial charge in [0.05, 0.1) is 37.4 Å². The molecule has 1 aromatic rings. The van der Waals surface area contributed by atoms with Crippen molar-refractivity contribution < 1.29 is 28.6 Å². The van der Waals surface area contributed by atoms with Gasteiger partial charge in [0.15, 0.2) is 0 Å². The van der Waals surface area contributed by atoms with Gasteiger partial charge in [0.2, 0.25) is 0 Å². The first kappa shape index (κ1) is 22.5. The van der Waals surface area contributed by atoms with E-state index >= 15 is 0 Å². The van der Waals surface area contributed by atoms with E-state index in [2.05, 4.69) is 0 Å². The molecule has 0 fully saturated rings. The van der Waals surface area contributed by atoms with Crippen LogP contribution < -0.4 is 4.90 Å². The van der Waals surface area contributed by atoms with Crippen molar-refractivity contribution in [2.45, 2.75) is 27.2 Å². The molecule has 0 aromatic heterocycles. The van der Waals surface area contributed by atoms with E-state index in [1.54, 1.807) is 49.9 Å². The third-order valence-electron chi connectivity index (χ3n) is 4.11. The van der Waals surface area contributed by atoms with E-state index in [0.717, 1.165) is 0 Å². The Kier molecular flexibility index (Phi) is 8.27. The van der Waals surface area contributed by atoms with Crippen molar-refractivity contribution in [1.29, 1.82) is 0 Å². The van der Waals surface area contributed by atoms with Crippen molar-refractivity contribution in [3.05, 3.63) is 52.8 Å². The van der Waals surface area contributed by atoms with E-state index in [4.69, 9.17) is 25.8 Å². The van der Waals surface area contributed by atoms with Gasteiger partial charge >= 0.3 is 17.9 Å². The standard InChI is InChI=1S/C21H24ClNO6/c1-4-27-19(24)11-16-17(20(25)28-5-2)12-23(13-18(16)21(26)29-6-3)15-9-7-8-14(22)10-15/h7-10,12-13,16H,4-6,11H2,1-3H3. The molecule has 1 aliphatic heterocycles. The van der Waals surface area contributed by atoms with Crippen LogP contribution in [0.1, 0.15) is 27.2 Å². The Morgan fingerprint density at radius 1 is 0.931 bits per heavy atom. The number of benzene rings is 1. The average Bonchev–Trinajstić information content (AvgIpc) is 2.68. The van der Waals surface area contributed by atoms with Crippen LogP contribution in [0.15, 0.2) is 47.8 Å². The summed E-state index contributed by atoms with van der Waals surface area (Å²) in [6.45, 7) is 5.54. The van der Waals surface area contributed by atoms with Gasteiger partial charge in [-0.25, -0.2) is 9.59 Å². The highest BCUT2D eigenvalue weighted by atomic mass is 35.5. The first-order chi connectivity index (χ1) is 13.9. The van der Waals surface area contributed by atoms with Crippen LogP contribution in [0.5, 0.6) is 0 Å². The van der Waals surface area contributed by atoms with Gasteiger partial charge in [0, 0.05) is 29.0 Å². The molecule has 0 N–H and O–H groups in total. The summed E-state index contributed by atoms with van der Waals surface area (Å²) >= 11 is 6.08. The van der Waals surface area contributed by atoms with Gasteiger partial charge in [0.1, 0.15) is 0 Å². The number of esters is 3. The predicted octanol–water partition coefficient (Wildman–Crippen LogP) is 3.62. The number of anilines is 1. The molecule has 0 radical (unpaired) electrons. The van der Waals surface area contributed by atoms with Crippen LogP contribution in [0, 0.1) is 5.92 Å². The van der Waals surface area contributed by atoms with Crippen LogP contribution in [0.2, 0.25) is 5.02 Å². The highest BCUT2D eigenvalue weighted by molar-refractivity contribution is 6.30. The molecule has 1 aliphatic rings. The van der Waals surface area contributed by atoms with Crippen molar-refractivity contribution in [2.24, 2.45) is 5.92 Å². The third kappa shape index (κ3) is 5.84. The van der Waals surface area contributed by atoms with Gasteiger partial charge < -0.3 is 19.1 Å². The van der Waals surface area contributed by atoms with Crippen molar-refractivity contribution in [1.82, 2.24) is 0 Å². The fourth-order valence-electron chi connectivity index (χ4n) is 2.90. The van der Waals surface area contributed by atoms with Gasteiger partial charge in [-0.15, -0.1) is 0 Å². The second-order valence-electron chi connectivity index (χ2n) is 6.06. The summed E-state index contributed by atoms with van der Waals surface area (Å²) in [6, 6.07) is 6.92. The number of hydrogen-bond acceptors (Lipinski definition) is 7. The maximum Gasteiger partial charge on any atom is 0.336 e. The normalized spacial score (nSPS) is 14.0. The number of halogens is 1. The lowest BCUT2D eigenvalue weighted by molar-refractivity contribution is -0.144. The zero-order valence-corrected chi connectivity index (χ0v) is 17.4. The molecule has 0 saturated heterocycles. The Morgan fingerprint density at radius 2 is 1.48 bits per heavy atom. The minimum absolute atomic E-state index is 0.151. The molecule has 2 rings (SSSR count). The molecule has 0 amide bonds. The maximum absolute atomic E-state index is 12.6. The smallest absolute Gasteiger partial charge is 0.336 e. The first-order valence-electron chi connectivity index (χ1n) is 9.38. The van der Waals surface area contributed by atoms with Gasteiger partial charge in [-0.1, -0.05) is 17.7 Å². The fourth-order valence-corrected chi connectivity index (χ4v) is 3.08. The molecule has 7 nitrogen and oxygen atoms in total. The summed E-state index contributed by atoms with van der Waals surface area (Å²) in [5.74, 6) is -2.62. The van der Waals surface area contributed by atoms with Gasteiger partial charge in [-0.2, -0.15) is 0 Å². The number of ether oxygens (including phenoxy) is 3. The Hall–Kier alpha value is -2.80. The number of carbonyl (C=O) groups is 3. The minimum atomic E-state index is -0.845. The zero-order chi connectivity index (χ0) is 21.4. The van der Waals surface area contributed by atoms with Crippen molar-refractivity contribution in [3.8, 4) is 0 Å². The summed E-state index contributed by atoms with van der Waals surface area (Å²) < 4.78 is 15.3. The lowest BCUT2D eigenvalue weighted by atomic mass is 9.86. The lowest BCUT2D eigenvalue weighted by Gasteiger charge is -2.29. The fraction of sp³-hybridized carbons (Fsp3) is 0.381. The summed E-state index contributed by atoms with van der Waals surface area (Å²) in [6.07, 6.45) is 2.89. The highest BCUT2D eigenvalue weighted by Crippen LogP contribution is 2.34. The van der Waals surface area contributed by atoms with E-state index < -0.39 is 23.8 Å². The maximum atomic E-state index is 12.6. The molecule has 8 heteroatoms. The van der Waals surface area contributed by atoms with Crippen LogP contribution in [0.3, 0.4) is 0 Å². The topological polar surface area (TPSA) is 82.1 Å². The summed E-state index contributed by atoms with van der Waals surface area (Å²) in [4.78, 5) is 39.0. The second-order valence-corrected chi connectivity index (χ2v) is 6.50. The molecular formula is C21H24ClNO6. The van der Waals surface area contributed by atoms with E-state index in [0.29, 0.717) is 10.7 Å². The summed E-state index contributed by atoms with van der Waals surface area (Å²) in [7, 11) is 0. The molecule has 1 heterocycles. The zero-order valence-electron chi connectivity index (χ0n) is 16.6. The molecule has 0 aliphatic carbocycles. The Bertz CT molecular complexity index is 796. The Morgan fingerprint density at radius 3 is 1.97 bits per heavy atom. The molecule has 0 atom stereocenters. The van der Waals surface area contributed by atoms with Crippen LogP contribution in [0.4, 0.5) is 5.69 Å². The van der Waals surface area contributed by atoms with Crippen LogP contribution >= 0.6 is 11.6 Å². The number of nitrogens with zero attached hydrogens (tertiary/aromatic N) is 1. The number of rotatable bonds is 8. The molecule has 1 aromatic carbocycles. The van der Waals surface area contributed by atoms with Gasteiger partial charge in [0.25, 0.3) is 0 Å². The third-order valence-corrected chi connectivity index (χ3v) is 4.35. The van der Waals surface area contributed by atoms with Crippen LogP contribution in [0.25, 0.3) is 0 Å². The molecular weight excluding hydrogens is 398 g/mol. The monoisotopic (exact) mass is 421 g/mol. The van der Waals surface area contributed by atoms with Crippen molar-refractivity contribution in [3.63, 3.8) is 0 Å². The van der Waals surface area contributed by atoms with Gasteiger partial charge in [-0.05, 0) is 39.0 Å². The van der Waals surface area contributed by atoms with E-state index in [9.17, 15) is 14.4 Å². The van der Waals surface area contributed by atoms with Gasteiger partial charge in [-0.3, -0.25) is 4.79 Å². The number of hydrogen-bond donors (Lipinski definition) is 0. The van der Waals surface area contributed by atoms with Crippen molar-refractivity contribution in [2.75, 3.05) is 24.7 Å². The molecule has 0 saturated carbocycles. The molecule has 0 bridgehead atoms. The summed E-state index contributed by atoms with van der Waals surface area (Å²) in [5.41, 5.74) is 0.951. The number of carbonyl (C=O) groups excluding carboxylic acids is 3. The first-order valence-corrected chi connectivity index (χ1v) is 9.76. The Balaban J connectivity index is 2.53.